The summed E-state index contributed by atoms with van der Waals surface area (Å²) in [5, 5.41) is 7.90. The van der Waals surface area contributed by atoms with Crippen molar-refractivity contribution in [1.29, 1.82) is 0 Å². The number of aliphatic imine (C=N–C) groups is 2. The Morgan fingerprint density at radius 2 is 1.88 bits per heavy atom. The number of nitrogens with zero attached hydrogens (tertiary/aromatic N) is 2. The summed E-state index contributed by atoms with van der Waals surface area (Å²) in [5.74, 6) is 1.46. The summed E-state index contributed by atoms with van der Waals surface area (Å²) in [6, 6.07) is 15.7. The van der Waals surface area contributed by atoms with E-state index in [1.807, 2.05) is 30.0 Å². The molecule has 0 saturated heterocycles. The van der Waals surface area contributed by atoms with Crippen LogP contribution >= 0.6 is 11.8 Å². The molecular weight excluding hydrogens is 631 g/mol. The van der Waals surface area contributed by atoms with Gasteiger partial charge in [0.05, 0.1) is 11.0 Å². The van der Waals surface area contributed by atoms with Crippen LogP contribution in [0.5, 0.6) is 11.5 Å². The highest BCUT2D eigenvalue weighted by Gasteiger charge is 2.34. The lowest BCUT2D eigenvalue weighted by Gasteiger charge is -2.32. The fraction of sp³-hybridized carbons (Fsp3) is 0.395. The molecule has 0 amide bonds. The molecule has 48 heavy (non-hydrogen) atoms. The standard InChI is InChI=1S/C37H42F2N4O2S.CH4O/c1-36(2)15-7-16-37(3,25-10-5-8-24(20-25)9-6-18-44)35(41-4)43-34(40)29-21-26(11-12-30(29)38)45-33-28(14-19-46-23-36)27-13-17-42-32(27)22-31(33)39;1-2/h5,8,10-13,17-18,20-22,42H,6-7,9,14-16,19,23H2,1-4H3,(H2,40,41,43);2H,1H3. The number of H-pyrrole nitrogens is 1. The fourth-order valence-corrected chi connectivity index (χ4v) is 7.44. The summed E-state index contributed by atoms with van der Waals surface area (Å²) in [5.41, 5.74) is 9.51. The third-order valence-electron chi connectivity index (χ3n) is 8.87. The van der Waals surface area contributed by atoms with Gasteiger partial charge >= 0.3 is 0 Å². The van der Waals surface area contributed by atoms with Crippen LogP contribution in [0.4, 0.5) is 8.78 Å². The number of benzene rings is 3. The van der Waals surface area contributed by atoms with E-state index < -0.39 is 17.0 Å². The van der Waals surface area contributed by atoms with E-state index in [1.54, 1.807) is 13.2 Å². The van der Waals surface area contributed by atoms with Crippen molar-refractivity contribution in [1.82, 2.24) is 4.98 Å². The van der Waals surface area contributed by atoms with Crippen LogP contribution in [0.3, 0.4) is 0 Å². The summed E-state index contributed by atoms with van der Waals surface area (Å²) in [4.78, 5) is 23.5. The maximum atomic E-state index is 15.5. The number of hydrogen-bond acceptors (Lipinski definition) is 6. The lowest BCUT2D eigenvalue weighted by atomic mass is 9.74. The third kappa shape index (κ3) is 8.52. The van der Waals surface area contributed by atoms with Gasteiger partial charge in [-0.2, -0.15) is 11.8 Å². The average Bonchev–Trinajstić information content (AvgIpc) is 3.55. The second kappa shape index (κ2) is 16.4. The van der Waals surface area contributed by atoms with E-state index in [2.05, 4.69) is 42.9 Å². The molecule has 0 radical (unpaired) electrons. The molecule has 256 valence electrons. The van der Waals surface area contributed by atoms with E-state index in [1.165, 1.54) is 24.3 Å². The molecule has 4 aromatic rings. The van der Waals surface area contributed by atoms with E-state index in [0.29, 0.717) is 30.6 Å². The molecule has 1 aromatic heterocycles. The molecule has 1 aliphatic rings. The molecule has 7 nitrogen and oxygen atoms in total. The summed E-state index contributed by atoms with van der Waals surface area (Å²) in [7, 11) is 2.67. The number of aliphatic hydroxyl groups excluding tert-OH is 1. The van der Waals surface area contributed by atoms with Gasteiger partial charge in [0.2, 0.25) is 0 Å². The zero-order chi connectivity index (χ0) is 34.9. The molecule has 0 fully saturated rings. The Bertz CT molecular complexity index is 1790. The van der Waals surface area contributed by atoms with Crippen molar-refractivity contribution in [2.75, 3.05) is 25.7 Å². The van der Waals surface area contributed by atoms with Gasteiger partial charge in [0.1, 0.15) is 29.5 Å². The smallest absolute Gasteiger partial charge is 0.168 e. The number of ether oxygens (including phenoxy) is 1. The number of aldehydes is 1. The fourth-order valence-electron chi connectivity index (χ4n) is 6.25. The summed E-state index contributed by atoms with van der Waals surface area (Å²) in [6.45, 7) is 6.65. The van der Waals surface area contributed by atoms with Crippen molar-refractivity contribution in [2.24, 2.45) is 21.1 Å². The van der Waals surface area contributed by atoms with Crippen molar-refractivity contribution in [3.8, 4) is 11.5 Å². The number of amidine groups is 2. The van der Waals surface area contributed by atoms with Gasteiger partial charge in [-0.1, -0.05) is 44.5 Å². The molecule has 0 saturated carbocycles. The van der Waals surface area contributed by atoms with Crippen molar-refractivity contribution in [2.45, 2.75) is 64.7 Å². The third-order valence-corrected chi connectivity index (χ3v) is 10.3. The predicted molar refractivity (Wildman–Crippen MR) is 194 cm³/mol. The Kier molecular flexibility index (Phi) is 12.6. The average molecular weight is 677 g/mol. The van der Waals surface area contributed by atoms with Crippen molar-refractivity contribution < 1.29 is 23.4 Å². The van der Waals surface area contributed by atoms with Crippen LogP contribution < -0.4 is 10.5 Å². The monoisotopic (exact) mass is 676 g/mol. The molecule has 0 spiro atoms. The zero-order valence-electron chi connectivity index (χ0n) is 28.4. The number of fused-ring (bicyclic) bond motifs is 5. The van der Waals surface area contributed by atoms with E-state index in [-0.39, 0.29) is 28.3 Å². The molecule has 10 heteroatoms. The largest absolute Gasteiger partial charge is 0.454 e. The molecular formula is C38H46F2N4O3S. The molecule has 5 rings (SSSR count). The SMILES string of the molecule is CN=C1N=C(N)c2cc(ccc2F)Oc2c(F)cc3[nH]ccc3c2CCSCC(C)(C)CCCC1(C)c1cccc(CCC=O)c1.CO. The van der Waals surface area contributed by atoms with Crippen molar-refractivity contribution in [3.63, 3.8) is 0 Å². The quantitative estimate of drug-likeness (QED) is 0.189. The summed E-state index contributed by atoms with van der Waals surface area (Å²) in [6.07, 6.45) is 7.00. The Hall–Kier alpha value is -4.02. The van der Waals surface area contributed by atoms with Gasteiger partial charge in [0, 0.05) is 49.3 Å². The van der Waals surface area contributed by atoms with Gasteiger partial charge in [0.15, 0.2) is 11.6 Å². The maximum absolute atomic E-state index is 15.5. The first-order chi connectivity index (χ1) is 23.0. The number of aryl methyl sites for hydroxylation is 2. The van der Waals surface area contributed by atoms with Crippen LogP contribution in [0.2, 0.25) is 0 Å². The molecule has 4 N–H and O–H groups in total. The first-order valence-corrected chi connectivity index (χ1v) is 17.3. The number of carbonyl (C=O) groups excluding carboxylic acids is 1. The Balaban J connectivity index is 0.00000255. The first kappa shape index (κ1) is 36.8. The molecule has 1 atom stereocenters. The number of aromatic nitrogens is 1. The maximum Gasteiger partial charge on any atom is 0.168 e. The Morgan fingerprint density at radius 3 is 2.62 bits per heavy atom. The van der Waals surface area contributed by atoms with E-state index >= 15 is 8.78 Å². The van der Waals surface area contributed by atoms with Gasteiger partial charge in [-0.05, 0) is 84.9 Å². The molecule has 2 bridgehead atoms. The Morgan fingerprint density at radius 1 is 1.08 bits per heavy atom. The topological polar surface area (TPSA) is 113 Å². The summed E-state index contributed by atoms with van der Waals surface area (Å²) >= 11 is 1.85. The number of nitrogens with two attached hydrogens (primary N) is 1. The number of aliphatic hydroxyl groups is 1. The van der Waals surface area contributed by atoms with Gasteiger partial charge in [-0.25, -0.2) is 13.8 Å². The minimum Gasteiger partial charge on any atom is -0.454 e. The van der Waals surface area contributed by atoms with Crippen LogP contribution in [0.1, 0.15) is 68.7 Å². The number of hydrogen-bond donors (Lipinski definition) is 3. The number of carbonyl (C=O) groups is 1. The van der Waals surface area contributed by atoms with Crippen molar-refractivity contribution in [3.05, 3.63) is 94.7 Å². The molecule has 3 aromatic carbocycles. The van der Waals surface area contributed by atoms with Crippen LogP contribution in [0.15, 0.2) is 70.8 Å². The van der Waals surface area contributed by atoms with E-state index in [0.717, 1.165) is 66.2 Å². The lowest BCUT2D eigenvalue weighted by molar-refractivity contribution is -0.107. The van der Waals surface area contributed by atoms with Crippen LogP contribution in [-0.4, -0.2) is 53.7 Å². The van der Waals surface area contributed by atoms with Crippen LogP contribution in [0.25, 0.3) is 10.9 Å². The number of thioether (sulfide) groups is 1. The minimum absolute atomic E-state index is 0.0416. The number of nitrogens with one attached hydrogen (secondary N) is 1. The van der Waals surface area contributed by atoms with Crippen LogP contribution in [0, 0.1) is 17.0 Å². The lowest BCUT2D eigenvalue weighted by Crippen LogP contribution is -2.34. The van der Waals surface area contributed by atoms with Gasteiger partial charge in [-0.3, -0.25) is 4.99 Å². The van der Waals surface area contributed by atoms with E-state index in [9.17, 15) is 4.79 Å². The first-order valence-electron chi connectivity index (χ1n) is 16.2. The highest BCUT2D eigenvalue weighted by molar-refractivity contribution is 7.99. The second-order valence-corrected chi connectivity index (χ2v) is 14.1. The minimum atomic E-state index is -0.639. The number of aromatic amines is 1. The molecule has 2 heterocycles. The Labute approximate surface area is 286 Å². The molecule has 0 aliphatic carbocycles. The van der Waals surface area contributed by atoms with Gasteiger partial charge in [0.25, 0.3) is 0 Å². The number of halogens is 2. The van der Waals surface area contributed by atoms with Crippen LogP contribution in [-0.2, 0) is 23.1 Å². The van der Waals surface area contributed by atoms with E-state index in [4.69, 9.17) is 20.6 Å². The normalized spacial score (nSPS) is 19.6. The molecule has 1 unspecified atom stereocenters. The number of rotatable bonds is 4. The predicted octanol–water partition coefficient (Wildman–Crippen LogP) is 8.16. The zero-order valence-corrected chi connectivity index (χ0v) is 29.2. The summed E-state index contributed by atoms with van der Waals surface area (Å²) < 4.78 is 37.0. The van der Waals surface area contributed by atoms with Crippen molar-refractivity contribution >= 4 is 40.6 Å². The highest BCUT2D eigenvalue weighted by Crippen LogP contribution is 2.39. The molecule has 1 aliphatic heterocycles. The second-order valence-electron chi connectivity index (χ2n) is 13.0. The highest BCUT2D eigenvalue weighted by atomic mass is 32.2. The van der Waals surface area contributed by atoms with Gasteiger partial charge < -0.3 is 25.4 Å². The van der Waals surface area contributed by atoms with Gasteiger partial charge in [-0.15, -0.1) is 0 Å².